The highest BCUT2D eigenvalue weighted by molar-refractivity contribution is 5.58. The number of aryl methyl sites for hydroxylation is 1. The highest BCUT2D eigenvalue weighted by Crippen LogP contribution is 2.20. The number of rotatable bonds is 2. The third kappa shape index (κ3) is 1.85. The zero-order valence-corrected chi connectivity index (χ0v) is 9.34. The molecule has 0 unspecified atom stereocenters. The summed E-state index contributed by atoms with van der Waals surface area (Å²) in [6.07, 6.45) is 1.82. The molecular formula is C13H11N3O. The van der Waals surface area contributed by atoms with Crippen LogP contribution in [-0.2, 0) is 0 Å². The number of hydrogen-bond acceptors (Lipinski definition) is 3. The maximum absolute atomic E-state index is 5.20. The van der Waals surface area contributed by atoms with Crippen LogP contribution in [0.4, 0.5) is 0 Å². The summed E-state index contributed by atoms with van der Waals surface area (Å²) in [7, 11) is 0. The lowest BCUT2D eigenvalue weighted by Gasteiger charge is -1.94. The van der Waals surface area contributed by atoms with Crippen molar-refractivity contribution in [3.8, 4) is 23.0 Å². The Balaban J connectivity index is 1.98. The van der Waals surface area contributed by atoms with Crippen molar-refractivity contribution < 1.29 is 4.52 Å². The van der Waals surface area contributed by atoms with E-state index in [9.17, 15) is 0 Å². The second-order valence-electron chi connectivity index (χ2n) is 3.87. The standard InChI is InChI=1S/C13H11N3O/c1-9-4-6-10(7-5-9)12-15-13(17-16-12)11-3-2-8-14-11/h2-8,14H,1H3. The number of nitrogens with one attached hydrogen (secondary N) is 1. The van der Waals surface area contributed by atoms with E-state index in [1.807, 2.05) is 49.5 Å². The van der Waals surface area contributed by atoms with E-state index in [1.165, 1.54) is 5.56 Å². The van der Waals surface area contributed by atoms with E-state index >= 15 is 0 Å². The summed E-state index contributed by atoms with van der Waals surface area (Å²) in [5, 5.41) is 3.97. The zero-order chi connectivity index (χ0) is 11.7. The minimum atomic E-state index is 0.505. The molecule has 0 fully saturated rings. The molecule has 0 saturated carbocycles. The first-order chi connectivity index (χ1) is 8.33. The smallest absolute Gasteiger partial charge is 0.274 e. The molecule has 4 nitrogen and oxygen atoms in total. The lowest BCUT2D eigenvalue weighted by molar-refractivity contribution is 0.431. The molecule has 0 aliphatic rings. The van der Waals surface area contributed by atoms with Crippen LogP contribution in [0.5, 0.6) is 0 Å². The van der Waals surface area contributed by atoms with Crippen molar-refractivity contribution in [3.63, 3.8) is 0 Å². The Morgan fingerprint density at radius 1 is 1.12 bits per heavy atom. The van der Waals surface area contributed by atoms with Crippen molar-refractivity contribution in [1.82, 2.24) is 15.1 Å². The molecule has 2 aromatic heterocycles. The SMILES string of the molecule is Cc1ccc(-c2noc(-c3ccc[nH]3)n2)cc1. The van der Waals surface area contributed by atoms with E-state index in [4.69, 9.17) is 4.52 Å². The van der Waals surface area contributed by atoms with Crippen LogP contribution in [0.25, 0.3) is 23.0 Å². The Hall–Kier alpha value is -2.36. The summed E-state index contributed by atoms with van der Waals surface area (Å²) in [6.45, 7) is 2.05. The summed E-state index contributed by atoms with van der Waals surface area (Å²) in [6, 6.07) is 11.8. The zero-order valence-electron chi connectivity index (χ0n) is 9.34. The molecule has 1 N–H and O–H groups in total. The van der Waals surface area contributed by atoms with E-state index in [0.29, 0.717) is 11.7 Å². The van der Waals surface area contributed by atoms with Gasteiger partial charge in [0.15, 0.2) is 0 Å². The van der Waals surface area contributed by atoms with Gasteiger partial charge in [-0.15, -0.1) is 0 Å². The second kappa shape index (κ2) is 3.90. The van der Waals surface area contributed by atoms with Gasteiger partial charge in [0.05, 0.1) is 0 Å². The van der Waals surface area contributed by atoms with E-state index in [0.717, 1.165) is 11.3 Å². The first-order valence-electron chi connectivity index (χ1n) is 5.37. The molecule has 0 aliphatic carbocycles. The van der Waals surface area contributed by atoms with Gasteiger partial charge in [0.1, 0.15) is 5.69 Å². The van der Waals surface area contributed by atoms with Crippen molar-refractivity contribution in [1.29, 1.82) is 0 Å². The molecular weight excluding hydrogens is 214 g/mol. The Morgan fingerprint density at radius 2 is 1.94 bits per heavy atom. The van der Waals surface area contributed by atoms with E-state index in [1.54, 1.807) is 0 Å². The molecule has 3 rings (SSSR count). The Kier molecular flexibility index (Phi) is 2.26. The average Bonchev–Trinajstić information content (AvgIpc) is 3.00. The summed E-state index contributed by atoms with van der Waals surface area (Å²) in [5.74, 6) is 1.11. The molecule has 0 saturated heterocycles. The van der Waals surface area contributed by atoms with Crippen LogP contribution in [0.2, 0.25) is 0 Å². The Labute approximate surface area is 98.3 Å². The van der Waals surface area contributed by atoms with Crippen molar-refractivity contribution in [2.45, 2.75) is 6.92 Å². The minimum Gasteiger partial charge on any atom is -0.357 e. The third-order valence-electron chi connectivity index (χ3n) is 2.56. The molecule has 1 aromatic carbocycles. The molecule has 84 valence electrons. The summed E-state index contributed by atoms with van der Waals surface area (Å²) >= 11 is 0. The summed E-state index contributed by atoms with van der Waals surface area (Å²) in [4.78, 5) is 7.37. The third-order valence-corrected chi connectivity index (χ3v) is 2.56. The first-order valence-corrected chi connectivity index (χ1v) is 5.37. The van der Waals surface area contributed by atoms with Crippen molar-refractivity contribution >= 4 is 0 Å². The Bertz CT molecular complexity index is 608. The maximum atomic E-state index is 5.20. The van der Waals surface area contributed by atoms with Crippen LogP contribution in [0.1, 0.15) is 5.56 Å². The Morgan fingerprint density at radius 3 is 2.65 bits per heavy atom. The highest BCUT2D eigenvalue weighted by atomic mass is 16.5. The average molecular weight is 225 g/mol. The van der Waals surface area contributed by atoms with Crippen LogP contribution in [0.3, 0.4) is 0 Å². The number of H-pyrrole nitrogens is 1. The molecule has 0 radical (unpaired) electrons. The van der Waals surface area contributed by atoms with Crippen molar-refractivity contribution in [2.75, 3.05) is 0 Å². The fourth-order valence-electron chi connectivity index (χ4n) is 1.62. The monoisotopic (exact) mass is 225 g/mol. The van der Waals surface area contributed by atoms with E-state index < -0.39 is 0 Å². The van der Waals surface area contributed by atoms with Gasteiger partial charge in [0.25, 0.3) is 5.89 Å². The first kappa shape index (κ1) is 9.84. The molecule has 0 amide bonds. The maximum Gasteiger partial charge on any atom is 0.274 e. The van der Waals surface area contributed by atoms with Crippen LogP contribution < -0.4 is 0 Å². The second-order valence-corrected chi connectivity index (χ2v) is 3.87. The number of hydrogen-bond donors (Lipinski definition) is 1. The topological polar surface area (TPSA) is 54.7 Å². The predicted octanol–water partition coefficient (Wildman–Crippen LogP) is 3.04. The number of nitrogens with zero attached hydrogens (tertiary/aromatic N) is 2. The van der Waals surface area contributed by atoms with E-state index in [2.05, 4.69) is 15.1 Å². The van der Waals surface area contributed by atoms with Gasteiger partial charge in [-0.2, -0.15) is 4.98 Å². The number of benzene rings is 1. The molecule has 4 heteroatoms. The fraction of sp³-hybridized carbons (Fsp3) is 0.0769. The predicted molar refractivity (Wildman–Crippen MR) is 64.3 cm³/mol. The fourth-order valence-corrected chi connectivity index (χ4v) is 1.62. The van der Waals surface area contributed by atoms with E-state index in [-0.39, 0.29) is 0 Å². The number of aromatic amines is 1. The molecule has 0 atom stereocenters. The minimum absolute atomic E-state index is 0.505. The lowest BCUT2D eigenvalue weighted by Crippen LogP contribution is -1.81. The summed E-state index contributed by atoms with van der Waals surface area (Å²) < 4.78 is 5.20. The molecule has 0 aliphatic heterocycles. The van der Waals surface area contributed by atoms with Gasteiger partial charge in [-0.05, 0) is 19.1 Å². The van der Waals surface area contributed by atoms with Crippen LogP contribution in [0, 0.1) is 6.92 Å². The largest absolute Gasteiger partial charge is 0.357 e. The normalized spacial score (nSPS) is 10.6. The van der Waals surface area contributed by atoms with Gasteiger partial charge >= 0.3 is 0 Å². The van der Waals surface area contributed by atoms with Crippen LogP contribution in [0.15, 0.2) is 47.1 Å². The van der Waals surface area contributed by atoms with Gasteiger partial charge in [-0.25, -0.2) is 0 Å². The molecule has 17 heavy (non-hydrogen) atoms. The van der Waals surface area contributed by atoms with Crippen LogP contribution >= 0.6 is 0 Å². The van der Waals surface area contributed by atoms with Gasteiger partial charge in [-0.1, -0.05) is 35.0 Å². The summed E-state index contributed by atoms with van der Waals surface area (Å²) in [5.41, 5.74) is 3.00. The van der Waals surface area contributed by atoms with Gasteiger partial charge in [0.2, 0.25) is 5.82 Å². The molecule has 2 heterocycles. The lowest BCUT2D eigenvalue weighted by atomic mass is 10.1. The van der Waals surface area contributed by atoms with Crippen molar-refractivity contribution in [2.24, 2.45) is 0 Å². The van der Waals surface area contributed by atoms with Crippen molar-refractivity contribution in [3.05, 3.63) is 48.2 Å². The quantitative estimate of drug-likeness (QED) is 0.729. The molecule has 0 bridgehead atoms. The van der Waals surface area contributed by atoms with Crippen LogP contribution in [-0.4, -0.2) is 15.1 Å². The number of aromatic nitrogens is 3. The molecule has 3 aromatic rings. The van der Waals surface area contributed by atoms with Gasteiger partial charge in [-0.3, -0.25) is 0 Å². The highest BCUT2D eigenvalue weighted by Gasteiger charge is 2.10. The van der Waals surface area contributed by atoms with Gasteiger partial charge in [0, 0.05) is 11.8 Å². The molecule has 0 spiro atoms. The van der Waals surface area contributed by atoms with Gasteiger partial charge < -0.3 is 9.51 Å².